The van der Waals surface area contributed by atoms with Crippen molar-refractivity contribution in [3.63, 3.8) is 0 Å². The zero-order valence-corrected chi connectivity index (χ0v) is 21.8. The highest BCUT2D eigenvalue weighted by molar-refractivity contribution is 6.42. The minimum Gasteiger partial charge on any atom is -0.493 e. The van der Waals surface area contributed by atoms with Gasteiger partial charge in [0.2, 0.25) is 0 Å². The summed E-state index contributed by atoms with van der Waals surface area (Å²) in [7, 11) is 1.53. The molecule has 8 nitrogen and oxygen atoms in total. The van der Waals surface area contributed by atoms with Crippen LogP contribution in [0, 0.1) is 11.2 Å². The van der Waals surface area contributed by atoms with Gasteiger partial charge in [0, 0.05) is 36.9 Å². The van der Waals surface area contributed by atoms with Crippen molar-refractivity contribution in [2.75, 3.05) is 19.0 Å². The van der Waals surface area contributed by atoms with Crippen molar-refractivity contribution in [3.8, 4) is 11.5 Å². The van der Waals surface area contributed by atoms with Gasteiger partial charge in [0.25, 0.3) is 0 Å². The number of methoxy groups -OCH3 is 1. The summed E-state index contributed by atoms with van der Waals surface area (Å²) in [5.41, 5.74) is 0.408. The first-order chi connectivity index (χ1) is 17.0. The van der Waals surface area contributed by atoms with E-state index in [-0.39, 0.29) is 33.3 Å². The fraction of sp³-hybridized carbons (Fsp3) is 0.400. The van der Waals surface area contributed by atoms with Crippen LogP contribution in [0.5, 0.6) is 11.5 Å². The molecule has 1 aliphatic heterocycles. The summed E-state index contributed by atoms with van der Waals surface area (Å²) in [4.78, 5) is 21.8. The summed E-state index contributed by atoms with van der Waals surface area (Å²) in [5.74, 6) is 0.581. The molecule has 0 radical (unpaired) electrons. The number of ether oxygens (including phenoxy) is 2. The van der Waals surface area contributed by atoms with Crippen LogP contribution in [-0.2, 0) is 0 Å². The molecule has 1 amide bonds. The molecule has 2 aromatic carbocycles. The molecular formula is C25H27Cl2FN4O4. The highest BCUT2D eigenvalue weighted by Gasteiger charge is 2.39. The molecule has 0 bridgehead atoms. The van der Waals surface area contributed by atoms with Gasteiger partial charge >= 0.3 is 6.09 Å². The monoisotopic (exact) mass is 536 g/mol. The van der Waals surface area contributed by atoms with Crippen molar-refractivity contribution in [1.82, 2.24) is 14.9 Å². The Morgan fingerprint density at radius 2 is 1.97 bits per heavy atom. The number of likely N-dealkylation sites (tertiary alicyclic amines) is 1. The first kappa shape index (κ1) is 26.0. The van der Waals surface area contributed by atoms with Crippen LogP contribution in [0.1, 0.15) is 33.6 Å². The average molecular weight is 537 g/mol. The van der Waals surface area contributed by atoms with Crippen LogP contribution in [0.4, 0.5) is 20.7 Å². The number of rotatable bonds is 5. The van der Waals surface area contributed by atoms with E-state index in [0.717, 1.165) is 0 Å². The summed E-state index contributed by atoms with van der Waals surface area (Å²) < 4.78 is 26.6. The van der Waals surface area contributed by atoms with Crippen LogP contribution in [0.25, 0.3) is 10.9 Å². The summed E-state index contributed by atoms with van der Waals surface area (Å²) in [6, 6.07) is 6.21. The van der Waals surface area contributed by atoms with E-state index in [9.17, 15) is 14.3 Å². The Hall–Kier alpha value is -3.04. The Morgan fingerprint density at radius 3 is 2.64 bits per heavy atom. The van der Waals surface area contributed by atoms with Crippen LogP contribution in [0.2, 0.25) is 10.0 Å². The second-order valence-corrected chi connectivity index (χ2v) is 10.5. The van der Waals surface area contributed by atoms with Crippen molar-refractivity contribution in [1.29, 1.82) is 0 Å². The van der Waals surface area contributed by atoms with E-state index < -0.39 is 11.9 Å². The van der Waals surface area contributed by atoms with Gasteiger partial charge in [0.05, 0.1) is 28.4 Å². The standard InChI is InChI=1S/C25H27Cl2FN4O4/c1-25(2,3)20-9-13(7-8-32(20)24(33)34)36-19-10-14-17(11-18(19)35-4)29-12-30-23(14)31-16-6-5-15(26)21(27)22(16)28/h5-6,10-13,20H,7-9H2,1-4H3,(H,33,34)(H,29,30,31). The molecule has 1 saturated heterocycles. The summed E-state index contributed by atoms with van der Waals surface area (Å²) in [6.45, 7) is 6.42. The molecule has 0 aliphatic carbocycles. The number of carbonyl (C=O) groups is 1. The third kappa shape index (κ3) is 5.22. The predicted octanol–water partition coefficient (Wildman–Crippen LogP) is 6.76. The van der Waals surface area contributed by atoms with Crippen molar-refractivity contribution in [2.24, 2.45) is 5.41 Å². The molecule has 1 aliphatic rings. The van der Waals surface area contributed by atoms with Crippen LogP contribution in [-0.4, -0.2) is 51.9 Å². The lowest BCUT2D eigenvalue weighted by atomic mass is 9.80. The van der Waals surface area contributed by atoms with Gasteiger partial charge in [0.15, 0.2) is 17.3 Å². The predicted molar refractivity (Wildman–Crippen MR) is 137 cm³/mol. The van der Waals surface area contributed by atoms with Crippen LogP contribution < -0.4 is 14.8 Å². The van der Waals surface area contributed by atoms with Gasteiger partial charge in [-0.3, -0.25) is 0 Å². The second-order valence-electron chi connectivity index (χ2n) is 9.71. The number of carboxylic acid groups (broad SMARTS) is 1. The molecule has 0 saturated carbocycles. The molecule has 36 heavy (non-hydrogen) atoms. The number of halogens is 3. The highest BCUT2D eigenvalue weighted by atomic mass is 35.5. The van der Waals surface area contributed by atoms with Crippen LogP contribution in [0.15, 0.2) is 30.6 Å². The minimum absolute atomic E-state index is 0.107. The number of aromatic nitrogens is 2. The number of fused-ring (bicyclic) bond motifs is 1. The van der Waals surface area contributed by atoms with E-state index in [2.05, 4.69) is 15.3 Å². The fourth-order valence-corrected chi connectivity index (χ4v) is 4.75. The largest absolute Gasteiger partial charge is 0.493 e. The zero-order chi connectivity index (χ0) is 26.2. The average Bonchev–Trinajstić information content (AvgIpc) is 2.83. The molecule has 0 spiro atoms. The lowest BCUT2D eigenvalue weighted by Gasteiger charge is -2.44. The SMILES string of the molecule is COc1cc2ncnc(Nc3ccc(Cl)c(Cl)c3F)c2cc1OC1CCN(C(=O)O)C(C(C)(C)C)C1. The number of amides is 1. The van der Waals surface area contributed by atoms with Crippen LogP contribution in [0.3, 0.4) is 0 Å². The smallest absolute Gasteiger partial charge is 0.407 e. The number of piperidine rings is 1. The zero-order valence-electron chi connectivity index (χ0n) is 20.3. The van der Waals surface area contributed by atoms with E-state index in [1.54, 1.807) is 12.1 Å². The van der Waals surface area contributed by atoms with Crippen molar-refractivity contribution in [3.05, 3.63) is 46.5 Å². The molecule has 2 atom stereocenters. The number of benzene rings is 2. The molecule has 2 N–H and O–H groups in total. The van der Waals surface area contributed by atoms with Gasteiger partial charge in [-0.25, -0.2) is 19.2 Å². The van der Waals surface area contributed by atoms with Crippen molar-refractivity contribution in [2.45, 2.75) is 45.8 Å². The maximum absolute atomic E-state index is 14.7. The number of hydrogen-bond donors (Lipinski definition) is 2. The quantitative estimate of drug-likeness (QED) is 0.347. The van der Waals surface area contributed by atoms with Gasteiger partial charge in [-0.05, 0) is 23.6 Å². The number of anilines is 2. The third-order valence-electron chi connectivity index (χ3n) is 6.30. The summed E-state index contributed by atoms with van der Waals surface area (Å²) in [5, 5.41) is 13.1. The Morgan fingerprint density at radius 1 is 1.22 bits per heavy atom. The molecule has 2 unspecified atom stereocenters. The number of hydrogen-bond acceptors (Lipinski definition) is 6. The molecule has 192 valence electrons. The lowest BCUT2D eigenvalue weighted by Crippen LogP contribution is -2.53. The van der Waals surface area contributed by atoms with E-state index in [1.807, 2.05) is 20.8 Å². The maximum Gasteiger partial charge on any atom is 0.407 e. The molecule has 2 heterocycles. The van der Waals surface area contributed by atoms with E-state index >= 15 is 0 Å². The fourth-order valence-electron chi connectivity index (χ4n) is 4.43. The van der Waals surface area contributed by atoms with Gasteiger partial charge in [-0.15, -0.1) is 0 Å². The van der Waals surface area contributed by atoms with Crippen LogP contribution >= 0.6 is 23.2 Å². The number of nitrogens with zero attached hydrogens (tertiary/aromatic N) is 3. The molecule has 1 fully saturated rings. The van der Waals surface area contributed by atoms with E-state index in [1.165, 1.54) is 30.5 Å². The number of nitrogens with one attached hydrogen (secondary N) is 1. The normalized spacial score (nSPS) is 18.2. The Balaban J connectivity index is 1.67. The molecule has 11 heteroatoms. The Bertz CT molecular complexity index is 1300. The lowest BCUT2D eigenvalue weighted by molar-refractivity contribution is 0.0123. The van der Waals surface area contributed by atoms with Gasteiger partial charge in [-0.1, -0.05) is 44.0 Å². The van der Waals surface area contributed by atoms with E-state index in [4.69, 9.17) is 32.7 Å². The molecular weight excluding hydrogens is 510 g/mol. The molecule has 1 aromatic heterocycles. The van der Waals surface area contributed by atoms with Crippen molar-refractivity contribution < 1.29 is 23.8 Å². The van der Waals surface area contributed by atoms with Gasteiger partial charge in [-0.2, -0.15) is 0 Å². The highest BCUT2D eigenvalue weighted by Crippen LogP contribution is 2.39. The minimum atomic E-state index is -0.931. The summed E-state index contributed by atoms with van der Waals surface area (Å²) in [6.07, 6.45) is 1.26. The van der Waals surface area contributed by atoms with E-state index in [0.29, 0.717) is 47.6 Å². The topological polar surface area (TPSA) is 96.8 Å². The molecule has 4 rings (SSSR count). The third-order valence-corrected chi connectivity index (χ3v) is 7.08. The molecule has 3 aromatic rings. The summed E-state index contributed by atoms with van der Waals surface area (Å²) >= 11 is 11.9. The van der Waals surface area contributed by atoms with Crippen molar-refractivity contribution >= 4 is 51.7 Å². The first-order valence-corrected chi connectivity index (χ1v) is 12.1. The maximum atomic E-state index is 14.7. The van der Waals surface area contributed by atoms with Gasteiger partial charge < -0.3 is 24.8 Å². The Labute approximate surface area is 218 Å². The van der Waals surface area contributed by atoms with Gasteiger partial charge in [0.1, 0.15) is 18.2 Å². The Kier molecular flexibility index (Phi) is 7.33. The first-order valence-electron chi connectivity index (χ1n) is 11.4. The second kappa shape index (κ2) is 10.1.